The van der Waals surface area contributed by atoms with Crippen LogP contribution in [0.1, 0.15) is 86.9 Å². The van der Waals surface area contributed by atoms with Gasteiger partial charge in [-0.1, -0.05) is 51.9 Å². The van der Waals surface area contributed by atoms with Crippen LogP contribution in [0.2, 0.25) is 0 Å². The van der Waals surface area contributed by atoms with Crippen molar-refractivity contribution in [2.45, 2.75) is 78.1 Å². The molecule has 0 aromatic carbocycles. The Morgan fingerprint density at radius 2 is 1.52 bits per heavy atom. The van der Waals surface area contributed by atoms with Gasteiger partial charge in [0.1, 0.15) is 17.3 Å². The van der Waals surface area contributed by atoms with Gasteiger partial charge >= 0.3 is 11.3 Å². The van der Waals surface area contributed by atoms with E-state index < -0.39 is 11.3 Å². The fourth-order valence-corrected chi connectivity index (χ4v) is 3.67. The number of hydrogen-bond donors (Lipinski definition) is 1. The summed E-state index contributed by atoms with van der Waals surface area (Å²) in [5.74, 6) is 0.677. The number of aromatic hydroxyl groups is 1. The summed E-state index contributed by atoms with van der Waals surface area (Å²) in [5, 5.41) is 10.4. The molecule has 0 aliphatic carbocycles. The van der Waals surface area contributed by atoms with E-state index in [-0.39, 0.29) is 11.7 Å². The molecule has 2 rings (SSSR count). The predicted molar refractivity (Wildman–Crippen MR) is 106 cm³/mol. The largest absolute Gasteiger partial charge is 0.507 e. The van der Waals surface area contributed by atoms with Gasteiger partial charge < -0.3 is 13.9 Å². The van der Waals surface area contributed by atoms with Crippen molar-refractivity contribution in [3.8, 4) is 5.75 Å². The fourth-order valence-electron chi connectivity index (χ4n) is 3.67. The van der Waals surface area contributed by atoms with Gasteiger partial charge in [0.2, 0.25) is 0 Å². The smallest absolute Gasteiger partial charge is 0.339 e. The molecule has 2 aromatic rings. The van der Waals surface area contributed by atoms with E-state index in [9.17, 15) is 14.7 Å². The van der Waals surface area contributed by atoms with E-state index in [0.29, 0.717) is 17.1 Å². The van der Waals surface area contributed by atoms with Gasteiger partial charge in [-0.3, -0.25) is 0 Å². The van der Waals surface area contributed by atoms with E-state index >= 15 is 0 Å². The van der Waals surface area contributed by atoms with Crippen LogP contribution in [0.25, 0.3) is 0 Å². The molecule has 0 aliphatic heterocycles. The summed E-state index contributed by atoms with van der Waals surface area (Å²) in [7, 11) is 0. The van der Waals surface area contributed by atoms with Crippen molar-refractivity contribution in [2.75, 3.05) is 0 Å². The van der Waals surface area contributed by atoms with Crippen LogP contribution in [0.4, 0.5) is 0 Å². The lowest BCUT2D eigenvalue weighted by Crippen LogP contribution is -2.11. The van der Waals surface area contributed by atoms with Crippen molar-refractivity contribution in [3.05, 3.63) is 61.7 Å². The van der Waals surface area contributed by atoms with Crippen molar-refractivity contribution in [1.29, 1.82) is 0 Å². The normalized spacial score (nSPS) is 12.3. The molecule has 1 N–H and O–H groups in total. The van der Waals surface area contributed by atoms with Crippen LogP contribution in [0, 0.1) is 13.8 Å². The first-order valence-corrected chi connectivity index (χ1v) is 9.88. The Labute approximate surface area is 160 Å². The summed E-state index contributed by atoms with van der Waals surface area (Å²) in [6.45, 7) is 5.64. The highest BCUT2D eigenvalue weighted by molar-refractivity contribution is 5.42. The molecule has 0 saturated heterocycles. The minimum absolute atomic E-state index is 0.0673. The van der Waals surface area contributed by atoms with Gasteiger partial charge in [-0.2, -0.15) is 0 Å². The first-order chi connectivity index (χ1) is 12.9. The fraction of sp³-hybridized carbons (Fsp3) is 0.545. The van der Waals surface area contributed by atoms with Gasteiger partial charge in [0.15, 0.2) is 0 Å². The third kappa shape index (κ3) is 5.84. The SMILES string of the molecule is CCCCCCCCCC(c1ccc(=O)oc1C)c1c(O)cc(=O)oc1C. The Morgan fingerprint density at radius 3 is 2.15 bits per heavy atom. The molecule has 148 valence electrons. The van der Waals surface area contributed by atoms with E-state index in [0.717, 1.165) is 30.9 Å². The summed E-state index contributed by atoms with van der Waals surface area (Å²) < 4.78 is 10.5. The molecule has 5 heteroatoms. The Bertz CT molecular complexity index is 820. The topological polar surface area (TPSA) is 80.6 Å². The van der Waals surface area contributed by atoms with Gasteiger partial charge in [0.05, 0.1) is 6.07 Å². The van der Waals surface area contributed by atoms with Crippen LogP contribution < -0.4 is 11.3 Å². The van der Waals surface area contributed by atoms with Crippen molar-refractivity contribution in [1.82, 2.24) is 0 Å². The lowest BCUT2D eigenvalue weighted by Gasteiger charge is -2.21. The first kappa shape index (κ1) is 21.0. The van der Waals surface area contributed by atoms with Crippen molar-refractivity contribution >= 4 is 0 Å². The summed E-state index contributed by atoms with van der Waals surface area (Å²) in [4.78, 5) is 23.0. The number of hydrogen-bond acceptors (Lipinski definition) is 5. The van der Waals surface area contributed by atoms with Crippen molar-refractivity contribution < 1.29 is 13.9 Å². The maximum Gasteiger partial charge on any atom is 0.339 e. The number of unbranched alkanes of at least 4 members (excludes halogenated alkanes) is 6. The second kappa shape index (κ2) is 10.1. The summed E-state index contributed by atoms with van der Waals surface area (Å²) in [6, 6.07) is 4.25. The molecule has 1 unspecified atom stereocenters. The third-order valence-electron chi connectivity index (χ3n) is 5.04. The Morgan fingerprint density at radius 1 is 0.889 bits per heavy atom. The molecule has 27 heavy (non-hydrogen) atoms. The van der Waals surface area contributed by atoms with Crippen molar-refractivity contribution in [3.63, 3.8) is 0 Å². The van der Waals surface area contributed by atoms with Gasteiger partial charge in [-0.15, -0.1) is 0 Å². The summed E-state index contributed by atoms with van der Waals surface area (Å²) >= 11 is 0. The molecule has 0 aliphatic rings. The average Bonchev–Trinajstić information content (AvgIpc) is 2.59. The number of aryl methyl sites for hydroxylation is 2. The van der Waals surface area contributed by atoms with Crippen molar-refractivity contribution in [2.24, 2.45) is 0 Å². The molecule has 0 spiro atoms. The van der Waals surface area contributed by atoms with E-state index in [4.69, 9.17) is 8.83 Å². The molecule has 5 nitrogen and oxygen atoms in total. The molecule has 0 fully saturated rings. The van der Waals surface area contributed by atoms with Gasteiger partial charge in [-0.25, -0.2) is 9.59 Å². The Hall–Kier alpha value is -2.30. The molecule has 0 radical (unpaired) electrons. The number of rotatable bonds is 10. The lowest BCUT2D eigenvalue weighted by atomic mass is 9.85. The van der Waals surface area contributed by atoms with E-state index in [1.807, 2.05) is 0 Å². The quantitative estimate of drug-likeness (QED) is 0.579. The van der Waals surface area contributed by atoms with Gasteiger partial charge in [0, 0.05) is 17.5 Å². The standard InChI is InChI=1S/C22H30O5/c1-4-5-6-7-8-9-10-11-18(17-12-13-20(24)26-15(17)2)22-16(3)27-21(25)14-19(22)23/h12-14,18,23H,4-11H2,1-3H3. The van der Waals surface area contributed by atoms with E-state index in [1.165, 1.54) is 38.2 Å². The summed E-state index contributed by atoms with van der Waals surface area (Å²) in [6.07, 6.45) is 9.07. The third-order valence-corrected chi connectivity index (χ3v) is 5.04. The van der Waals surface area contributed by atoms with E-state index in [1.54, 1.807) is 19.9 Å². The second-order valence-corrected chi connectivity index (χ2v) is 7.15. The summed E-state index contributed by atoms with van der Waals surface area (Å²) in [5.41, 5.74) is 0.469. The van der Waals surface area contributed by atoms with Crippen LogP contribution >= 0.6 is 0 Å². The Kier molecular flexibility index (Phi) is 7.89. The second-order valence-electron chi connectivity index (χ2n) is 7.15. The lowest BCUT2D eigenvalue weighted by molar-refractivity contribution is 0.409. The maximum absolute atomic E-state index is 11.5. The zero-order chi connectivity index (χ0) is 19.8. The highest BCUT2D eigenvalue weighted by atomic mass is 16.4. The van der Waals surface area contributed by atoms with E-state index in [2.05, 4.69) is 6.92 Å². The van der Waals surface area contributed by atoms with Gasteiger partial charge in [-0.05, 0) is 31.9 Å². The highest BCUT2D eigenvalue weighted by Gasteiger charge is 2.24. The zero-order valence-electron chi connectivity index (χ0n) is 16.5. The first-order valence-electron chi connectivity index (χ1n) is 9.88. The molecule has 1 atom stereocenters. The molecular weight excluding hydrogens is 344 g/mol. The van der Waals surface area contributed by atoms with Crippen LogP contribution in [-0.2, 0) is 0 Å². The Balaban J connectivity index is 2.22. The molecule has 2 heterocycles. The minimum atomic E-state index is -0.570. The van der Waals surface area contributed by atoms with Crippen LogP contribution in [0.15, 0.2) is 36.6 Å². The molecule has 2 aromatic heterocycles. The molecule has 0 bridgehead atoms. The molecular formula is C22H30O5. The zero-order valence-corrected chi connectivity index (χ0v) is 16.5. The van der Waals surface area contributed by atoms with Gasteiger partial charge in [0.25, 0.3) is 0 Å². The predicted octanol–water partition coefficient (Wildman–Crippen LogP) is 5.19. The highest BCUT2D eigenvalue weighted by Crippen LogP contribution is 2.37. The average molecular weight is 374 g/mol. The monoisotopic (exact) mass is 374 g/mol. The van der Waals surface area contributed by atoms with Crippen LogP contribution in [0.3, 0.4) is 0 Å². The molecule has 0 saturated carbocycles. The minimum Gasteiger partial charge on any atom is -0.507 e. The molecule has 0 amide bonds. The van der Waals surface area contributed by atoms with Crippen LogP contribution in [-0.4, -0.2) is 5.11 Å². The van der Waals surface area contributed by atoms with Crippen LogP contribution in [0.5, 0.6) is 5.75 Å². The maximum atomic E-state index is 11.5.